The number of rotatable bonds is 35. The topological polar surface area (TPSA) is 373 Å². The number of carbonyl (C=O) groups excluding carboxylic acids is 5. The van der Waals surface area contributed by atoms with Crippen molar-refractivity contribution in [1.29, 1.82) is 0 Å². The monoisotopic (exact) mass is 931 g/mol. The molecular weight excluding hydrogens is 862 g/mol. The first kappa shape index (κ1) is 56.8. The summed E-state index contributed by atoms with van der Waals surface area (Å²) in [4.78, 5) is 59.2. The molecule has 5 amide bonds. The van der Waals surface area contributed by atoms with Crippen LogP contribution in [0.15, 0.2) is 0 Å². The molecule has 372 valence electrons. The van der Waals surface area contributed by atoms with Crippen LogP contribution in [0, 0.1) is 0 Å². The Balaban J connectivity index is 1.42. The van der Waals surface area contributed by atoms with Crippen molar-refractivity contribution in [2.24, 2.45) is 5.73 Å². The summed E-state index contributed by atoms with van der Waals surface area (Å²) in [5.41, 5.74) is 5.44. The lowest BCUT2D eigenvalue weighted by Crippen LogP contribution is -2.64. The number of unbranched alkanes of at least 4 members (excludes halogenated alkanes) is 1. The summed E-state index contributed by atoms with van der Waals surface area (Å²) < 4.78 is 54.3. The van der Waals surface area contributed by atoms with Gasteiger partial charge in [-0.2, -0.15) is 0 Å². The van der Waals surface area contributed by atoms with Crippen LogP contribution in [0.4, 0.5) is 0 Å². The molecule has 0 radical (unpaired) electrons. The molecule has 1 unspecified atom stereocenters. The Labute approximate surface area is 370 Å². The van der Waals surface area contributed by atoms with E-state index < -0.39 is 104 Å². The smallest absolute Gasteiger partial charge is 0.246 e. The maximum absolute atomic E-state index is 12.3. The van der Waals surface area contributed by atoms with Crippen molar-refractivity contribution in [1.82, 2.24) is 21.3 Å². The van der Waals surface area contributed by atoms with Gasteiger partial charge in [0, 0.05) is 20.4 Å². The van der Waals surface area contributed by atoms with Crippen molar-refractivity contribution in [3.8, 4) is 0 Å². The van der Waals surface area contributed by atoms with Gasteiger partial charge in [0.2, 0.25) is 29.5 Å². The summed E-state index contributed by atoms with van der Waals surface area (Å²) in [5.74, 6) is -2.53. The highest BCUT2D eigenvalue weighted by atomic mass is 16.7. The van der Waals surface area contributed by atoms with E-state index in [4.69, 9.17) is 53.1 Å². The van der Waals surface area contributed by atoms with E-state index in [-0.39, 0.29) is 105 Å². The molecule has 2 heterocycles. The van der Waals surface area contributed by atoms with Gasteiger partial charge in [0.1, 0.15) is 68.0 Å². The first-order valence-electron chi connectivity index (χ1n) is 21.0. The van der Waals surface area contributed by atoms with E-state index in [1.54, 1.807) is 0 Å². The first-order valence-corrected chi connectivity index (χ1v) is 21.0. The van der Waals surface area contributed by atoms with Crippen molar-refractivity contribution in [3.63, 3.8) is 0 Å². The molecule has 26 heteroatoms. The van der Waals surface area contributed by atoms with Gasteiger partial charge in [0.25, 0.3) is 0 Å². The number of aliphatic hydroxyl groups excluding tert-OH is 6. The Morgan fingerprint density at radius 2 is 0.953 bits per heavy atom. The SMILES string of the molecule is CC(=O)N[C@H]1[C@H](OCCOCCOCCOCC(=O)NCCCCC(NC(=O)COCCOCCOCCO[C@@H]2O[C@H](CO)[C@H](O)[C@H](O)[C@H]2NC(C)=O)C(N)=O)O[C@H](CO)[C@H](O)[C@@H]1O. The van der Waals surface area contributed by atoms with Crippen molar-refractivity contribution in [2.75, 3.05) is 112 Å². The van der Waals surface area contributed by atoms with Gasteiger partial charge in [0.15, 0.2) is 12.6 Å². The largest absolute Gasteiger partial charge is 0.394 e. The second kappa shape index (κ2) is 33.2. The van der Waals surface area contributed by atoms with Gasteiger partial charge in [-0.05, 0) is 19.3 Å². The van der Waals surface area contributed by atoms with Gasteiger partial charge in [0.05, 0.1) is 92.5 Å². The number of amides is 5. The van der Waals surface area contributed by atoms with E-state index in [9.17, 15) is 54.6 Å². The molecule has 26 nitrogen and oxygen atoms in total. The van der Waals surface area contributed by atoms with E-state index in [1.807, 2.05) is 0 Å². The molecule has 0 saturated carbocycles. The minimum Gasteiger partial charge on any atom is -0.394 e. The minimum absolute atomic E-state index is 0.0131. The second-order valence-electron chi connectivity index (χ2n) is 14.5. The molecule has 0 aromatic carbocycles. The number of carbonyl (C=O) groups is 5. The van der Waals surface area contributed by atoms with Crippen LogP contribution in [-0.4, -0.2) is 240 Å². The molecule has 2 aliphatic heterocycles. The van der Waals surface area contributed by atoms with Gasteiger partial charge in [-0.1, -0.05) is 0 Å². The summed E-state index contributed by atoms with van der Waals surface area (Å²) in [6.45, 7) is 2.87. The number of nitrogens with two attached hydrogens (primary N) is 1. The fraction of sp³-hybridized carbons (Fsp3) is 0.868. The molecule has 2 aliphatic rings. The third-order valence-corrected chi connectivity index (χ3v) is 9.40. The Morgan fingerprint density at radius 1 is 0.562 bits per heavy atom. The standard InChI is InChI=1S/C38H69N5O21/c1-23(46)41-30-34(52)32(50)26(19-44)63-37(30)61-17-15-57-9-7-55-11-13-59-21-28(48)40-6-4-3-5-25(36(39)54)43-29(49)22-60-14-12-56-8-10-58-16-18-62-38-31(42-24(2)47)35(53)33(51)27(20-45)64-38/h25-27,30-35,37-38,44-45,50-53H,3-22H2,1-2H3,(H2,39,54)(H,40,48)(H,41,46)(H,42,47)(H,43,49)/t25?,26-,27-,30-,31-,32+,33+,34-,35-,37-,38-/m1/s1. The lowest BCUT2D eigenvalue weighted by Gasteiger charge is -2.42. The predicted molar refractivity (Wildman–Crippen MR) is 216 cm³/mol. The van der Waals surface area contributed by atoms with Crippen LogP contribution in [-0.2, 0) is 71.3 Å². The van der Waals surface area contributed by atoms with E-state index in [0.717, 1.165) is 0 Å². The van der Waals surface area contributed by atoms with Crippen molar-refractivity contribution in [3.05, 3.63) is 0 Å². The Morgan fingerprint density at radius 3 is 1.34 bits per heavy atom. The van der Waals surface area contributed by atoms with E-state index in [1.165, 1.54) is 13.8 Å². The van der Waals surface area contributed by atoms with Crippen LogP contribution >= 0.6 is 0 Å². The first-order chi connectivity index (χ1) is 30.7. The highest BCUT2D eigenvalue weighted by Gasteiger charge is 2.46. The lowest BCUT2D eigenvalue weighted by atomic mass is 9.97. The van der Waals surface area contributed by atoms with E-state index in [2.05, 4.69) is 21.3 Å². The van der Waals surface area contributed by atoms with Crippen LogP contribution < -0.4 is 27.0 Å². The lowest BCUT2D eigenvalue weighted by molar-refractivity contribution is -0.272. The molecule has 2 rings (SSSR count). The molecular formula is C38H69N5O21. The zero-order chi connectivity index (χ0) is 47.3. The summed E-state index contributed by atoms with van der Waals surface area (Å²) in [5, 5.41) is 69.6. The molecule has 0 aromatic rings. The summed E-state index contributed by atoms with van der Waals surface area (Å²) in [6.07, 6.45) is -8.83. The average molecular weight is 932 g/mol. The van der Waals surface area contributed by atoms with Crippen LogP contribution in [0.25, 0.3) is 0 Å². The highest BCUT2D eigenvalue weighted by Crippen LogP contribution is 2.23. The fourth-order valence-corrected chi connectivity index (χ4v) is 6.16. The predicted octanol–water partition coefficient (Wildman–Crippen LogP) is -6.74. The molecule has 11 atom stereocenters. The highest BCUT2D eigenvalue weighted by molar-refractivity contribution is 5.87. The Hall–Kier alpha value is -3.29. The van der Waals surface area contributed by atoms with Crippen LogP contribution in [0.1, 0.15) is 33.1 Å². The van der Waals surface area contributed by atoms with Gasteiger partial charge < -0.3 is 105 Å². The third-order valence-electron chi connectivity index (χ3n) is 9.40. The molecule has 0 aliphatic carbocycles. The molecule has 64 heavy (non-hydrogen) atoms. The number of aliphatic hydroxyl groups is 6. The zero-order valence-electron chi connectivity index (χ0n) is 36.4. The summed E-state index contributed by atoms with van der Waals surface area (Å²) >= 11 is 0. The molecule has 12 N–H and O–H groups in total. The molecule has 0 bridgehead atoms. The maximum Gasteiger partial charge on any atom is 0.246 e. The van der Waals surface area contributed by atoms with E-state index >= 15 is 0 Å². The van der Waals surface area contributed by atoms with Crippen molar-refractivity contribution in [2.45, 2.75) is 100 Å². The number of nitrogens with one attached hydrogen (secondary N) is 4. The zero-order valence-corrected chi connectivity index (χ0v) is 36.4. The van der Waals surface area contributed by atoms with Gasteiger partial charge in [-0.15, -0.1) is 0 Å². The number of hydrogen-bond donors (Lipinski definition) is 11. The van der Waals surface area contributed by atoms with Gasteiger partial charge in [-0.25, -0.2) is 0 Å². The normalized spacial score (nSPS) is 26.2. The third kappa shape index (κ3) is 22.7. The Bertz CT molecular complexity index is 1340. The van der Waals surface area contributed by atoms with Crippen molar-refractivity contribution >= 4 is 29.5 Å². The van der Waals surface area contributed by atoms with Crippen LogP contribution in [0.3, 0.4) is 0 Å². The molecule has 2 saturated heterocycles. The Kier molecular flexibility index (Phi) is 29.5. The molecule has 0 spiro atoms. The van der Waals surface area contributed by atoms with Crippen molar-refractivity contribution < 1.29 is 102 Å². The average Bonchev–Trinajstić information content (AvgIpc) is 3.25. The van der Waals surface area contributed by atoms with Gasteiger partial charge in [-0.3, -0.25) is 24.0 Å². The number of ether oxygens (including phenoxy) is 10. The molecule has 2 fully saturated rings. The second-order valence-corrected chi connectivity index (χ2v) is 14.5. The van der Waals surface area contributed by atoms with Gasteiger partial charge >= 0.3 is 0 Å². The summed E-state index contributed by atoms with van der Waals surface area (Å²) in [6, 6.07) is -3.02. The maximum atomic E-state index is 12.3. The number of primary amides is 1. The fourth-order valence-electron chi connectivity index (χ4n) is 6.16. The molecule has 0 aromatic heterocycles. The van der Waals surface area contributed by atoms with Crippen LogP contribution in [0.2, 0.25) is 0 Å². The summed E-state index contributed by atoms with van der Waals surface area (Å²) in [7, 11) is 0. The van der Waals surface area contributed by atoms with E-state index in [0.29, 0.717) is 19.4 Å². The minimum atomic E-state index is -1.42. The quantitative estimate of drug-likeness (QED) is 0.0263. The van der Waals surface area contributed by atoms with Crippen LogP contribution in [0.5, 0.6) is 0 Å². The number of hydrogen-bond acceptors (Lipinski definition) is 21.